The molecule has 32 heavy (non-hydrogen) atoms. The van der Waals surface area contributed by atoms with Crippen LogP contribution in [0.1, 0.15) is 29.1 Å². The molecule has 1 unspecified atom stereocenters. The number of amides is 1. The van der Waals surface area contributed by atoms with E-state index in [2.05, 4.69) is 20.0 Å². The number of sulfonamides is 1. The largest absolute Gasteiger partial charge is 0.342 e. The minimum absolute atomic E-state index is 0.0278. The maximum atomic E-state index is 13.1. The van der Waals surface area contributed by atoms with E-state index in [0.717, 1.165) is 35.3 Å². The van der Waals surface area contributed by atoms with E-state index in [4.69, 9.17) is 11.6 Å². The Kier molecular flexibility index (Phi) is 5.86. The smallest absolute Gasteiger partial charge is 0.261 e. The molecule has 10 heteroatoms. The highest BCUT2D eigenvalue weighted by Crippen LogP contribution is 2.26. The molecule has 1 atom stereocenters. The molecule has 4 aromatic rings. The van der Waals surface area contributed by atoms with Crippen LogP contribution in [0.15, 0.2) is 71.6 Å². The fraction of sp³-hybridized carbons (Fsp3) is 0.0909. The lowest BCUT2D eigenvalue weighted by Crippen LogP contribution is -2.27. The number of carbonyl (C=O) groups excluding carboxylic acids is 1. The molecule has 0 saturated carbocycles. The third-order valence-electron chi connectivity index (χ3n) is 4.76. The third kappa shape index (κ3) is 4.58. The zero-order valence-electron chi connectivity index (χ0n) is 16.8. The molecule has 0 saturated heterocycles. The average molecular weight is 473 g/mol. The predicted molar refractivity (Wildman–Crippen MR) is 121 cm³/mol. The summed E-state index contributed by atoms with van der Waals surface area (Å²) in [6.45, 7) is 1.78. The first-order valence-electron chi connectivity index (χ1n) is 9.56. The van der Waals surface area contributed by atoms with E-state index in [0.29, 0.717) is 5.82 Å². The summed E-state index contributed by atoms with van der Waals surface area (Å²) in [6, 6.07) is 15.7. The van der Waals surface area contributed by atoms with Crippen molar-refractivity contribution in [1.82, 2.24) is 15.3 Å². The van der Waals surface area contributed by atoms with Crippen LogP contribution in [0.5, 0.6) is 0 Å². The molecule has 1 amide bonds. The van der Waals surface area contributed by atoms with E-state index >= 15 is 0 Å². The molecule has 1 aromatic heterocycles. The van der Waals surface area contributed by atoms with Crippen LogP contribution in [0.25, 0.3) is 11.0 Å². The van der Waals surface area contributed by atoms with Gasteiger partial charge in [-0.3, -0.25) is 9.52 Å². The monoisotopic (exact) mass is 472 g/mol. The van der Waals surface area contributed by atoms with E-state index in [1.807, 2.05) is 24.3 Å². The second kappa shape index (κ2) is 8.60. The first-order valence-corrected chi connectivity index (χ1v) is 11.4. The van der Waals surface area contributed by atoms with Crippen molar-refractivity contribution in [3.05, 3.63) is 89.0 Å². The molecule has 4 rings (SSSR count). The number of benzene rings is 3. The van der Waals surface area contributed by atoms with Gasteiger partial charge in [-0.25, -0.2) is 17.8 Å². The molecule has 3 aromatic carbocycles. The van der Waals surface area contributed by atoms with Crippen molar-refractivity contribution in [2.45, 2.75) is 17.9 Å². The van der Waals surface area contributed by atoms with Crippen molar-refractivity contribution >= 4 is 44.3 Å². The highest BCUT2D eigenvalue weighted by atomic mass is 35.5. The second-order valence-electron chi connectivity index (χ2n) is 7.09. The number of aromatic amines is 1. The summed E-state index contributed by atoms with van der Waals surface area (Å²) in [6.07, 6.45) is 0. The van der Waals surface area contributed by atoms with Gasteiger partial charge in [0.05, 0.1) is 32.7 Å². The topological polar surface area (TPSA) is 104 Å². The number of imidazole rings is 1. The summed E-state index contributed by atoms with van der Waals surface area (Å²) < 4.78 is 40.6. The lowest BCUT2D eigenvalue weighted by Gasteiger charge is -2.14. The van der Waals surface area contributed by atoms with Crippen molar-refractivity contribution in [2.24, 2.45) is 0 Å². The number of aromatic nitrogens is 2. The van der Waals surface area contributed by atoms with Gasteiger partial charge in [-0.1, -0.05) is 23.7 Å². The molecule has 164 valence electrons. The predicted octanol–water partition coefficient (Wildman–Crippen LogP) is 4.65. The molecule has 1 heterocycles. The summed E-state index contributed by atoms with van der Waals surface area (Å²) in [4.78, 5) is 20.3. The highest BCUT2D eigenvalue weighted by Gasteiger charge is 2.19. The molecule has 0 fully saturated rings. The van der Waals surface area contributed by atoms with Gasteiger partial charge in [0.2, 0.25) is 0 Å². The van der Waals surface area contributed by atoms with Crippen LogP contribution in [0.3, 0.4) is 0 Å². The number of para-hydroxylation sites is 2. The molecular formula is C22H18ClFN4O3S. The number of nitrogens with zero attached hydrogens (tertiary/aromatic N) is 1. The van der Waals surface area contributed by atoms with Crippen molar-refractivity contribution in [2.75, 3.05) is 4.72 Å². The van der Waals surface area contributed by atoms with E-state index in [1.165, 1.54) is 18.2 Å². The van der Waals surface area contributed by atoms with Gasteiger partial charge in [-0.05, 0) is 61.5 Å². The molecule has 0 aliphatic rings. The van der Waals surface area contributed by atoms with Crippen LogP contribution in [-0.2, 0) is 10.0 Å². The van der Waals surface area contributed by atoms with Crippen LogP contribution in [0.4, 0.5) is 10.1 Å². The highest BCUT2D eigenvalue weighted by molar-refractivity contribution is 7.92. The Balaban J connectivity index is 1.53. The van der Waals surface area contributed by atoms with Gasteiger partial charge in [-0.2, -0.15) is 0 Å². The number of carbonyl (C=O) groups is 1. The van der Waals surface area contributed by atoms with Gasteiger partial charge in [0, 0.05) is 5.56 Å². The minimum atomic E-state index is -4.02. The number of anilines is 1. The van der Waals surface area contributed by atoms with Gasteiger partial charge in [0.1, 0.15) is 11.6 Å². The van der Waals surface area contributed by atoms with E-state index in [9.17, 15) is 17.6 Å². The zero-order valence-corrected chi connectivity index (χ0v) is 18.3. The second-order valence-corrected chi connectivity index (χ2v) is 9.18. The Morgan fingerprint density at radius 2 is 1.81 bits per heavy atom. The lowest BCUT2D eigenvalue weighted by atomic mass is 10.1. The Labute approximate surface area is 188 Å². The Hall–Kier alpha value is -3.43. The normalized spacial score (nSPS) is 12.5. The van der Waals surface area contributed by atoms with E-state index < -0.39 is 27.8 Å². The molecule has 0 radical (unpaired) electrons. The Morgan fingerprint density at radius 3 is 2.53 bits per heavy atom. The summed E-state index contributed by atoms with van der Waals surface area (Å²) in [7, 11) is -4.02. The fourth-order valence-corrected chi connectivity index (χ4v) is 4.38. The van der Waals surface area contributed by atoms with Gasteiger partial charge in [0.15, 0.2) is 0 Å². The van der Waals surface area contributed by atoms with Gasteiger partial charge >= 0.3 is 0 Å². The third-order valence-corrected chi connectivity index (χ3v) is 6.47. The van der Waals surface area contributed by atoms with Crippen LogP contribution in [0.2, 0.25) is 5.02 Å². The number of rotatable bonds is 6. The maximum absolute atomic E-state index is 13.1. The van der Waals surface area contributed by atoms with Crippen LogP contribution < -0.4 is 10.0 Å². The standard InChI is InChI=1S/C22H18ClFN4O3S/c1-13(21-26-18-4-2-3-5-19(18)27-21)25-22(29)14-6-11-17(23)20(12-14)28-32(30,31)16-9-7-15(24)8-10-16/h2-13,28H,1H3,(H,25,29)(H,26,27). The molecule has 3 N–H and O–H groups in total. The van der Waals surface area contributed by atoms with Crippen molar-refractivity contribution in [3.63, 3.8) is 0 Å². The maximum Gasteiger partial charge on any atom is 0.261 e. The first kappa shape index (κ1) is 21.8. The minimum Gasteiger partial charge on any atom is -0.342 e. The van der Waals surface area contributed by atoms with Crippen LogP contribution in [0, 0.1) is 5.82 Å². The van der Waals surface area contributed by atoms with Gasteiger partial charge in [-0.15, -0.1) is 0 Å². The summed E-state index contributed by atoms with van der Waals surface area (Å²) in [5.74, 6) is -0.401. The molecule has 0 aliphatic carbocycles. The first-order chi connectivity index (χ1) is 15.2. The number of halogens is 2. The number of H-pyrrole nitrogens is 1. The van der Waals surface area contributed by atoms with Crippen LogP contribution in [-0.4, -0.2) is 24.3 Å². The number of nitrogens with one attached hydrogen (secondary N) is 3. The molecule has 0 spiro atoms. The van der Waals surface area contributed by atoms with Gasteiger partial charge < -0.3 is 10.3 Å². The van der Waals surface area contributed by atoms with Crippen molar-refractivity contribution in [1.29, 1.82) is 0 Å². The van der Waals surface area contributed by atoms with E-state index in [1.54, 1.807) is 6.92 Å². The number of hydrogen-bond donors (Lipinski definition) is 3. The van der Waals surface area contributed by atoms with Gasteiger partial charge in [0.25, 0.3) is 15.9 Å². The summed E-state index contributed by atoms with van der Waals surface area (Å²) >= 11 is 6.13. The molecule has 7 nitrogen and oxygen atoms in total. The fourth-order valence-electron chi connectivity index (χ4n) is 3.09. The van der Waals surface area contributed by atoms with Crippen LogP contribution >= 0.6 is 11.6 Å². The zero-order chi connectivity index (χ0) is 22.9. The quantitative estimate of drug-likeness (QED) is 0.380. The van der Waals surface area contributed by atoms with E-state index in [-0.39, 0.29) is 21.2 Å². The van der Waals surface area contributed by atoms with Crippen molar-refractivity contribution in [3.8, 4) is 0 Å². The molecule has 0 aliphatic heterocycles. The SMILES string of the molecule is CC(NC(=O)c1ccc(Cl)c(NS(=O)(=O)c2ccc(F)cc2)c1)c1nc2ccccc2[nH]1. The molecule has 0 bridgehead atoms. The summed E-state index contributed by atoms with van der Waals surface area (Å²) in [5, 5.41) is 2.94. The molecular weight excluding hydrogens is 455 g/mol. The Morgan fingerprint density at radius 1 is 1.09 bits per heavy atom. The number of hydrogen-bond acceptors (Lipinski definition) is 4. The average Bonchev–Trinajstić information content (AvgIpc) is 3.20. The van der Waals surface area contributed by atoms with Crippen molar-refractivity contribution < 1.29 is 17.6 Å². The number of fused-ring (bicyclic) bond motifs is 1. The lowest BCUT2D eigenvalue weighted by molar-refractivity contribution is 0.0938. The summed E-state index contributed by atoms with van der Waals surface area (Å²) in [5.41, 5.74) is 1.87. The Bertz CT molecular complexity index is 1370.